The summed E-state index contributed by atoms with van der Waals surface area (Å²) in [4.78, 5) is 27.5. The molecule has 0 bridgehead atoms. The Morgan fingerprint density at radius 2 is 1.76 bits per heavy atom. The molecule has 0 radical (unpaired) electrons. The first-order valence-electron chi connectivity index (χ1n) is 8.26. The summed E-state index contributed by atoms with van der Waals surface area (Å²) in [7, 11) is 0. The maximum atomic E-state index is 13.0. The highest BCUT2D eigenvalue weighted by Gasteiger charge is 2.30. The maximum Gasteiger partial charge on any atom is 0.325 e. The molecule has 25 heavy (non-hydrogen) atoms. The Morgan fingerprint density at radius 3 is 2.48 bits per heavy atom. The SMILES string of the molecule is O=C(CN1CCN(c2ccc(F)cc2)C1=O)NCCc1ccccc1. The highest BCUT2D eigenvalue weighted by molar-refractivity contribution is 5.96. The number of halogens is 1. The van der Waals surface area contributed by atoms with E-state index in [4.69, 9.17) is 0 Å². The van der Waals surface area contributed by atoms with Gasteiger partial charge in [0.05, 0.1) is 0 Å². The molecule has 6 heteroatoms. The predicted octanol–water partition coefficient (Wildman–Crippen LogP) is 2.43. The first-order valence-corrected chi connectivity index (χ1v) is 8.26. The topological polar surface area (TPSA) is 52.7 Å². The summed E-state index contributed by atoms with van der Waals surface area (Å²) >= 11 is 0. The van der Waals surface area contributed by atoms with Gasteiger partial charge in [-0.1, -0.05) is 30.3 Å². The van der Waals surface area contributed by atoms with Crippen molar-refractivity contribution in [3.8, 4) is 0 Å². The van der Waals surface area contributed by atoms with Crippen LogP contribution in [0, 0.1) is 5.82 Å². The molecule has 0 aromatic heterocycles. The largest absolute Gasteiger partial charge is 0.354 e. The second-order valence-electron chi connectivity index (χ2n) is 5.92. The number of benzene rings is 2. The second-order valence-corrected chi connectivity index (χ2v) is 5.92. The van der Waals surface area contributed by atoms with Gasteiger partial charge in [0.15, 0.2) is 0 Å². The minimum atomic E-state index is -0.343. The third-order valence-corrected chi connectivity index (χ3v) is 4.15. The number of hydrogen-bond donors (Lipinski definition) is 1. The monoisotopic (exact) mass is 341 g/mol. The molecule has 130 valence electrons. The van der Waals surface area contributed by atoms with E-state index in [1.165, 1.54) is 17.0 Å². The van der Waals surface area contributed by atoms with Gasteiger partial charge in [-0.25, -0.2) is 9.18 Å². The third-order valence-electron chi connectivity index (χ3n) is 4.15. The Hall–Kier alpha value is -2.89. The van der Waals surface area contributed by atoms with Gasteiger partial charge in [0.25, 0.3) is 0 Å². The summed E-state index contributed by atoms with van der Waals surface area (Å²) in [6.07, 6.45) is 0.752. The molecule has 3 amide bonds. The van der Waals surface area contributed by atoms with Gasteiger partial charge < -0.3 is 10.2 Å². The summed E-state index contributed by atoms with van der Waals surface area (Å²) in [6, 6.07) is 15.4. The highest BCUT2D eigenvalue weighted by Crippen LogP contribution is 2.20. The van der Waals surface area contributed by atoms with Crippen LogP contribution < -0.4 is 10.2 Å². The maximum absolute atomic E-state index is 13.0. The van der Waals surface area contributed by atoms with Gasteiger partial charge in [-0.15, -0.1) is 0 Å². The van der Waals surface area contributed by atoms with Crippen molar-refractivity contribution in [3.05, 3.63) is 66.0 Å². The number of anilines is 1. The third kappa shape index (κ3) is 4.35. The zero-order chi connectivity index (χ0) is 17.6. The molecule has 1 N–H and O–H groups in total. The van der Waals surface area contributed by atoms with E-state index in [0.717, 1.165) is 12.0 Å². The quantitative estimate of drug-likeness (QED) is 0.877. The van der Waals surface area contributed by atoms with Gasteiger partial charge in [0.1, 0.15) is 12.4 Å². The highest BCUT2D eigenvalue weighted by atomic mass is 19.1. The smallest absolute Gasteiger partial charge is 0.325 e. The predicted molar refractivity (Wildman–Crippen MR) is 93.9 cm³/mol. The number of hydrogen-bond acceptors (Lipinski definition) is 2. The van der Waals surface area contributed by atoms with E-state index in [9.17, 15) is 14.0 Å². The van der Waals surface area contributed by atoms with Crippen molar-refractivity contribution in [1.29, 1.82) is 0 Å². The summed E-state index contributed by atoms with van der Waals surface area (Å²) in [5.74, 6) is -0.518. The van der Waals surface area contributed by atoms with Gasteiger partial charge in [-0.3, -0.25) is 9.69 Å². The second kappa shape index (κ2) is 7.79. The molecule has 3 rings (SSSR count). The molecule has 2 aromatic rings. The van der Waals surface area contributed by atoms with Crippen LogP contribution in [0.1, 0.15) is 5.56 Å². The van der Waals surface area contributed by atoms with Crippen molar-refractivity contribution in [3.63, 3.8) is 0 Å². The Bertz CT molecular complexity index is 734. The van der Waals surface area contributed by atoms with E-state index in [1.54, 1.807) is 17.0 Å². The van der Waals surface area contributed by atoms with Crippen LogP contribution >= 0.6 is 0 Å². The van der Waals surface area contributed by atoms with Crippen LogP contribution in [0.5, 0.6) is 0 Å². The lowest BCUT2D eigenvalue weighted by Crippen LogP contribution is -2.40. The Labute approximate surface area is 146 Å². The summed E-state index contributed by atoms with van der Waals surface area (Å²) in [6.45, 7) is 1.53. The first kappa shape index (κ1) is 17.0. The fraction of sp³-hybridized carbons (Fsp3) is 0.263. The molecule has 1 aliphatic rings. The minimum Gasteiger partial charge on any atom is -0.354 e. The molecule has 1 heterocycles. The molecular formula is C19H20FN3O2. The molecule has 0 saturated carbocycles. The van der Waals surface area contributed by atoms with Crippen LogP contribution in [0.25, 0.3) is 0 Å². The Balaban J connectivity index is 1.47. The van der Waals surface area contributed by atoms with Crippen molar-refractivity contribution >= 4 is 17.6 Å². The van der Waals surface area contributed by atoms with E-state index >= 15 is 0 Å². The molecule has 1 aliphatic heterocycles. The normalized spacial score (nSPS) is 14.0. The van der Waals surface area contributed by atoms with E-state index in [1.807, 2.05) is 30.3 Å². The molecule has 0 spiro atoms. The Morgan fingerprint density at radius 1 is 1.04 bits per heavy atom. The number of urea groups is 1. The van der Waals surface area contributed by atoms with E-state index in [0.29, 0.717) is 25.3 Å². The summed E-state index contributed by atoms with van der Waals surface area (Å²) < 4.78 is 13.0. The van der Waals surface area contributed by atoms with Crippen LogP contribution in [0.3, 0.4) is 0 Å². The summed E-state index contributed by atoms with van der Waals surface area (Å²) in [5.41, 5.74) is 1.79. The molecule has 0 atom stereocenters. The van der Waals surface area contributed by atoms with Crippen LogP contribution in [-0.2, 0) is 11.2 Å². The van der Waals surface area contributed by atoms with Gasteiger partial charge in [0, 0.05) is 25.3 Å². The number of carbonyl (C=O) groups excluding carboxylic acids is 2. The van der Waals surface area contributed by atoms with Gasteiger partial charge in [-0.2, -0.15) is 0 Å². The number of rotatable bonds is 6. The molecule has 1 saturated heterocycles. The van der Waals surface area contributed by atoms with E-state index in [-0.39, 0.29) is 24.3 Å². The van der Waals surface area contributed by atoms with Gasteiger partial charge in [0.2, 0.25) is 5.91 Å². The number of nitrogens with zero attached hydrogens (tertiary/aromatic N) is 2. The van der Waals surface area contributed by atoms with E-state index in [2.05, 4.69) is 5.32 Å². The fourth-order valence-corrected chi connectivity index (χ4v) is 2.81. The lowest BCUT2D eigenvalue weighted by molar-refractivity contribution is -0.121. The van der Waals surface area contributed by atoms with E-state index < -0.39 is 0 Å². The average molecular weight is 341 g/mol. The van der Waals surface area contributed by atoms with Crippen molar-refractivity contribution in [2.75, 3.05) is 31.1 Å². The average Bonchev–Trinajstić information content (AvgIpc) is 2.97. The zero-order valence-electron chi connectivity index (χ0n) is 13.8. The first-order chi connectivity index (χ1) is 12.1. The lowest BCUT2D eigenvalue weighted by atomic mass is 10.1. The van der Waals surface area contributed by atoms with Crippen LogP contribution in [0.2, 0.25) is 0 Å². The molecule has 5 nitrogen and oxygen atoms in total. The molecular weight excluding hydrogens is 321 g/mol. The zero-order valence-corrected chi connectivity index (χ0v) is 13.8. The van der Waals surface area contributed by atoms with Gasteiger partial charge >= 0.3 is 6.03 Å². The lowest BCUT2D eigenvalue weighted by Gasteiger charge is -2.18. The standard InChI is InChI=1S/C19H20FN3O2/c20-16-6-8-17(9-7-16)23-13-12-22(19(23)25)14-18(24)21-11-10-15-4-2-1-3-5-15/h1-9H,10-14H2,(H,21,24). The number of amides is 3. The van der Waals surface area contributed by atoms with Crippen molar-refractivity contribution < 1.29 is 14.0 Å². The van der Waals surface area contributed by atoms with Crippen molar-refractivity contribution in [1.82, 2.24) is 10.2 Å². The van der Waals surface area contributed by atoms with Crippen molar-refractivity contribution in [2.24, 2.45) is 0 Å². The van der Waals surface area contributed by atoms with Crippen LogP contribution in [-0.4, -0.2) is 43.0 Å². The molecule has 1 fully saturated rings. The molecule has 0 unspecified atom stereocenters. The minimum absolute atomic E-state index is 0.0331. The fourth-order valence-electron chi connectivity index (χ4n) is 2.81. The summed E-state index contributed by atoms with van der Waals surface area (Å²) in [5, 5.41) is 2.84. The number of nitrogens with one attached hydrogen (secondary N) is 1. The van der Waals surface area contributed by atoms with Crippen LogP contribution in [0.4, 0.5) is 14.9 Å². The van der Waals surface area contributed by atoms with Gasteiger partial charge in [-0.05, 0) is 36.2 Å². The molecule has 2 aromatic carbocycles. The molecule has 0 aliphatic carbocycles. The van der Waals surface area contributed by atoms with Crippen molar-refractivity contribution in [2.45, 2.75) is 6.42 Å². The Kier molecular flexibility index (Phi) is 5.28. The van der Waals surface area contributed by atoms with Crippen LogP contribution in [0.15, 0.2) is 54.6 Å². The number of carbonyl (C=O) groups is 2.